The Morgan fingerprint density at radius 3 is 2.47 bits per heavy atom. The molecule has 0 aromatic carbocycles. The zero-order valence-corrected chi connectivity index (χ0v) is 21.2. The highest BCUT2D eigenvalue weighted by atomic mass is 32.2. The van der Waals surface area contributed by atoms with Crippen LogP contribution in [0.25, 0.3) is 0 Å². The van der Waals surface area contributed by atoms with Gasteiger partial charge in [0.2, 0.25) is 15.8 Å². The molecule has 2 aromatic rings. The third-order valence-electron chi connectivity index (χ3n) is 7.09. The zero-order valence-electron chi connectivity index (χ0n) is 20.4. The van der Waals surface area contributed by atoms with E-state index in [1.165, 1.54) is 23.3 Å². The number of anilines is 2. The molecule has 9 nitrogen and oxygen atoms in total. The lowest BCUT2D eigenvalue weighted by Gasteiger charge is -2.35. The maximum Gasteiger partial charge on any atom is 0.211 e. The summed E-state index contributed by atoms with van der Waals surface area (Å²) in [5, 5.41) is 7.63. The first-order valence-corrected chi connectivity index (χ1v) is 14.0. The molecule has 0 atom stereocenters. The molecular formula is C23H36FN7O2S. The zero-order chi connectivity index (χ0) is 24.3. The third kappa shape index (κ3) is 5.86. The second kappa shape index (κ2) is 10.6. The summed E-state index contributed by atoms with van der Waals surface area (Å²) >= 11 is 0. The minimum absolute atomic E-state index is 0.206. The summed E-state index contributed by atoms with van der Waals surface area (Å²) in [4.78, 5) is 10.6. The van der Waals surface area contributed by atoms with E-state index in [4.69, 9.17) is 0 Å². The molecule has 34 heavy (non-hydrogen) atoms. The molecule has 1 saturated carbocycles. The molecule has 3 heterocycles. The van der Waals surface area contributed by atoms with E-state index in [1.807, 2.05) is 24.7 Å². The first-order valence-electron chi connectivity index (χ1n) is 12.2. The average molecular weight is 494 g/mol. The molecule has 2 fully saturated rings. The predicted octanol–water partition coefficient (Wildman–Crippen LogP) is 3.08. The van der Waals surface area contributed by atoms with Crippen LogP contribution in [0.4, 0.5) is 16.0 Å². The normalized spacial score (nSPS) is 18.8. The van der Waals surface area contributed by atoms with Gasteiger partial charge in [-0.1, -0.05) is 19.3 Å². The third-order valence-corrected chi connectivity index (χ3v) is 8.39. The van der Waals surface area contributed by atoms with E-state index in [0.29, 0.717) is 32.0 Å². The van der Waals surface area contributed by atoms with Crippen molar-refractivity contribution in [3.63, 3.8) is 0 Å². The molecule has 0 bridgehead atoms. The Bertz CT molecular complexity index is 1080. The summed E-state index contributed by atoms with van der Waals surface area (Å²) in [5.41, 5.74) is 1.96. The highest BCUT2D eigenvalue weighted by molar-refractivity contribution is 7.88. The van der Waals surface area contributed by atoms with E-state index >= 15 is 4.39 Å². The molecular weight excluding hydrogens is 457 g/mol. The molecule has 2 aromatic heterocycles. The number of nitrogens with one attached hydrogen (secondary N) is 1. The number of rotatable bonds is 8. The molecule has 11 heteroatoms. The highest BCUT2D eigenvalue weighted by Gasteiger charge is 2.28. The molecule has 1 saturated heterocycles. The van der Waals surface area contributed by atoms with Gasteiger partial charge >= 0.3 is 0 Å². The predicted molar refractivity (Wildman–Crippen MR) is 131 cm³/mol. The molecule has 2 aliphatic rings. The first-order chi connectivity index (χ1) is 16.2. The van der Waals surface area contributed by atoms with E-state index in [9.17, 15) is 8.42 Å². The SMILES string of the molecule is Cc1cc(CN(c2ncnc(NCC3CCN(S(C)(=O)=O)CC3)c2F)C2CCCCC2)n(C)n1. The van der Waals surface area contributed by atoms with E-state index in [-0.39, 0.29) is 17.8 Å². The van der Waals surface area contributed by atoms with Crippen LogP contribution >= 0.6 is 0 Å². The quantitative estimate of drug-likeness (QED) is 0.604. The van der Waals surface area contributed by atoms with Crippen LogP contribution in [-0.2, 0) is 23.6 Å². The Morgan fingerprint density at radius 1 is 1.15 bits per heavy atom. The van der Waals surface area contributed by atoms with Crippen molar-refractivity contribution < 1.29 is 12.8 Å². The van der Waals surface area contributed by atoms with Crippen LogP contribution in [0.2, 0.25) is 0 Å². The van der Waals surface area contributed by atoms with Crippen LogP contribution in [-0.4, -0.2) is 64.4 Å². The van der Waals surface area contributed by atoms with Crippen molar-refractivity contribution in [1.82, 2.24) is 24.1 Å². The Labute approximate surface area is 201 Å². The van der Waals surface area contributed by atoms with Crippen LogP contribution in [0.3, 0.4) is 0 Å². The fourth-order valence-electron chi connectivity index (χ4n) is 5.13. The number of halogens is 1. The number of aromatic nitrogens is 4. The molecule has 0 radical (unpaired) electrons. The van der Waals surface area contributed by atoms with Gasteiger partial charge in [-0.3, -0.25) is 4.68 Å². The van der Waals surface area contributed by atoms with Crippen LogP contribution in [0.5, 0.6) is 0 Å². The molecule has 0 spiro atoms. The fourth-order valence-corrected chi connectivity index (χ4v) is 6.00. The van der Waals surface area contributed by atoms with Crippen LogP contribution in [0, 0.1) is 18.7 Å². The fraction of sp³-hybridized carbons (Fsp3) is 0.696. The molecule has 1 aliphatic carbocycles. The second-order valence-corrected chi connectivity index (χ2v) is 11.6. The molecule has 4 rings (SSSR count). The van der Waals surface area contributed by atoms with Crippen molar-refractivity contribution in [3.05, 3.63) is 29.6 Å². The average Bonchev–Trinajstić information content (AvgIpc) is 3.14. The first kappa shape index (κ1) is 24.8. The van der Waals surface area contributed by atoms with Gasteiger partial charge in [-0.15, -0.1) is 0 Å². The molecule has 188 valence electrons. The molecule has 0 unspecified atom stereocenters. The standard InChI is InChI=1S/C23H36FN7O2S/c1-17-13-20(29(2)28-17)15-31(19-7-5-4-6-8-19)23-21(24)22(26-16-27-23)25-14-18-9-11-30(12-10-18)34(3,32)33/h13,16,18-19H,4-12,14-15H2,1-3H3,(H,25,26,27). The van der Waals surface area contributed by atoms with Crippen LogP contribution in [0.15, 0.2) is 12.4 Å². The number of piperidine rings is 1. The van der Waals surface area contributed by atoms with Gasteiger partial charge in [-0.2, -0.15) is 9.49 Å². The van der Waals surface area contributed by atoms with Gasteiger partial charge < -0.3 is 10.2 Å². The largest absolute Gasteiger partial charge is 0.367 e. The van der Waals surface area contributed by atoms with E-state index in [2.05, 4.69) is 25.3 Å². The lowest BCUT2D eigenvalue weighted by molar-refractivity contribution is 0.283. The smallest absolute Gasteiger partial charge is 0.211 e. The number of aryl methyl sites for hydroxylation is 2. The van der Waals surface area contributed by atoms with Gasteiger partial charge in [-0.05, 0) is 44.6 Å². The summed E-state index contributed by atoms with van der Waals surface area (Å²) in [7, 11) is -1.24. The van der Waals surface area contributed by atoms with Crippen LogP contribution in [0.1, 0.15) is 56.3 Å². The summed E-state index contributed by atoms with van der Waals surface area (Å²) < 4.78 is 42.6. The topological polar surface area (TPSA) is 96.3 Å². The monoisotopic (exact) mass is 493 g/mol. The van der Waals surface area contributed by atoms with Crippen molar-refractivity contribution >= 4 is 21.7 Å². The minimum atomic E-state index is -3.16. The van der Waals surface area contributed by atoms with E-state index in [1.54, 1.807) is 0 Å². The van der Waals surface area contributed by atoms with E-state index in [0.717, 1.165) is 49.9 Å². The summed E-state index contributed by atoms with van der Waals surface area (Å²) in [6.45, 7) is 4.06. The number of nitrogens with zero attached hydrogens (tertiary/aromatic N) is 6. The summed E-state index contributed by atoms with van der Waals surface area (Å²) in [6.07, 6.45) is 9.67. The lowest BCUT2D eigenvalue weighted by Crippen LogP contribution is -2.39. The van der Waals surface area contributed by atoms with Gasteiger partial charge in [0.1, 0.15) is 6.33 Å². The Morgan fingerprint density at radius 2 is 1.85 bits per heavy atom. The number of hydrogen-bond donors (Lipinski definition) is 1. The maximum absolute atomic E-state index is 15.7. The summed E-state index contributed by atoms with van der Waals surface area (Å²) in [6, 6.07) is 2.26. The maximum atomic E-state index is 15.7. The number of sulfonamides is 1. The minimum Gasteiger partial charge on any atom is -0.367 e. The molecule has 1 aliphatic heterocycles. The van der Waals surface area contributed by atoms with Gasteiger partial charge in [0, 0.05) is 32.7 Å². The van der Waals surface area contributed by atoms with Crippen molar-refractivity contribution in [2.24, 2.45) is 13.0 Å². The van der Waals surface area contributed by atoms with Gasteiger partial charge in [-0.25, -0.2) is 22.7 Å². The van der Waals surface area contributed by atoms with Gasteiger partial charge in [0.15, 0.2) is 11.6 Å². The van der Waals surface area contributed by atoms with Crippen LogP contribution < -0.4 is 10.2 Å². The van der Waals surface area contributed by atoms with Gasteiger partial charge in [0.05, 0.1) is 24.2 Å². The highest BCUT2D eigenvalue weighted by Crippen LogP contribution is 2.31. The van der Waals surface area contributed by atoms with Crippen molar-refractivity contribution in [2.45, 2.75) is 64.5 Å². The second-order valence-electron chi connectivity index (χ2n) is 9.67. The van der Waals surface area contributed by atoms with Crippen molar-refractivity contribution in [1.29, 1.82) is 0 Å². The number of hydrogen-bond acceptors (Lipinski definition) is 7. The Balaban J connectivity index is 1.49. The summed E-state index contributed by atoms with van der Waals surface area (Å²) in [5.74, 6) is 0.371. The van der Waals surface area contributed by atoms with Gasteiger partial charge in [0.25, 0.3) is 0 Å². The Kier molecular flexibility index (Phi) is 7.71. The Hall–Kier alpha value is -2.27. The van der Waals surface area contributed by atoms with E-state index < -0.39 is 15.8 Å². The lowest BCUT2D eigenvalue weighted by atomic mass is 9.94. The van der Waals surface area contributed by atoms with Crippen molar-refractivity contribution in [3.8, 4) is 0 Å². The molecule has 0 amide bonds. The molecule has 1 N–H and O–H groups in total. The van der Waals surface area contributed by atoms with Crippen molar-refractivity contribution in [2.75, 3.05) is 36.1 Å².